The van der Waals surface area contributed by atoms with Crippen LogP contribution in [0.2, 0.25) is 0 Å². The third-order valence-corrected chi connectivity index (χ3v) is 5.15. The summed E-state index contributed by atoms with van der Waals surface area (Å²) in [5, 5.41) is 13.6. The first kappa shape index (κ1) is 14.0. The van der Waals surface area contributed by atoms with Crippen LogP contribution in [0.4, 0.5) is 0 Å². The monoisotopic (exact) mass is 341 g/mol. The number of fused-ring (bicyclic) bond motifs is 2. The van der Waals surface area contributed by atoms with Crippen molar-refractivity contribution in [2.24, 2.45) is 0 Å². The molecule has 0 atom stereocenters. The predicted octanol–water partition coefficient (Wildman–Crippen LogP) is 4.48. The second kappa shape index (κ2) is 5.30. The van der Waals surface area contributed by atoms with Gasteiger partial charge in [0, 0.05) is 11.8 Å². The van der Waals surface area contributed by atoms with Crippen LogP contribution >= 0.6 is 11.3 Å². The molecule has 0 unspecified atom stereocenters. The Kier molecular flexibility index (Phi) is 2.96. The van der Waals surface area contributed by atoms with Gasteiger partial charge in [0.2, 0.25) is 0 Å². The van der Waals surface area contributed by atoms with Crippen LogP contribution in [0, 0.1) is 11.3 Å². The number of nitrogens with zero attached hydrogens (tertiary/aromatic N) is 4. The highest BCUT2D eigenvalue weighted by atomic mass is 32.1. The highest BCUT2D eigenvalue weighted by molar-refractivity contribution is 7.21. The minimum atomic E-state index is 0.567. The number of para-hydroxylation sites is 1. The number of thiazole rings is 1. The third kappa shape index (κ3) is 2.14. The molecule has 0 fully saturated rings. The van der Waals surface area contributed by atoms with Gasteiger partial charge in [-0.15, -0.1) is 11.3 Å². The molecule has 6 heteroatoms. The van der Waals surface area contributed by atoms with E-state index >= 15 is 0 Å². The smallest absolute Gasteiger partial charge is 0.165 e. The summed E-state index contributed by atoms with van der Waals surface area (Å²) in [7, 11) is 0. The van der Waals surface area contributed by atoms with E-state index in [4.69, 9.17) is 9.97 Å². The summed E-state index contributed by atoms with van der Waals surface area (Å²) in [5.74, 6) is 0.766. The fraction of sp³-hybridized carbons (Fsp3) is 0. The van der Waals surface area contributed by atoms with Gasteiger partial charge in [0.1, 0.15) is 11.1 Å². The first-order valence-electron chi connectivity index (χ1n) is 7.76. The molecule has 5 rings (SSSR count). The predicted molar refractivity (Wildman–Crippen MR) is 98.3 cm³/mol. The maximum absolute atomic E-state index is 9.53. The number of hydrogen-bond acceptors (Lipinski definition) is 4. The summed E-state index contributed by atoms with van der Waals surface area (Å²) >= 11 is 1.58. The molecule has 2 aromatic carbocycles. The van der Waals surface area contributed by atoms with Gasteiger partial charge in [0.15, 0.2) is 11.5 Å². The molecule has 0 aliphatic carbocycles. The lowest BCUT2D eigenvalue weighted by molar-refractivity contribution is 0.979. The van der Waals surface area contributed by atoms with E-state index in [-0.39, 0.29) is 0 Å². The molecule has 0 aliphatic heterocycles. The summed E-state index contributed by atoms with van der Waals surface area (Å²) in [4.78, 5) is 9.42. The number of aromatic amines is 1. The second-order valence-corrected chi connectivity index (χ2v) is 6.68. The molecule has 118 valence electrons. The van der Waals surface area contributed by atoms with Crippen LogP contribution in [0.25, 0.3) is 37.8 Å². The Morgan fingerprint density at radius 1 is 1.00 bits per heavy atom. The number of rotatable bonds is 2. The maximum Gasteiger partial charge on any atom is 0.165 e. The Labute approximate surface area is 146 Å². The first-order chi connectivity index (χ1) is 12.3. The van der Waals surface area contributed by atoms with Crippen LogP contribution in [-0.2, 0) is 0 Å². The van der Waals surface area contributed by atoms with E-state index in [0.717, 1.165) is 37.8 Å². The molecule has 5 aromatic rings. The maximum atomic E-state index is 9.53. The Balaban J connectivity index is 1.76. The lowest BCUT2D eigenvalue weighted by Crippen LogP contribution is -1.83. The Morgan fingerprint density at radius 3 is 2.60 bits per heavy atom. The van der Waals surface area contributed by atoms with Gasteiger partial charge >= 0.3 is 0 Å². The zero-order valence-electron chi connectivity index (χ0n) is 13.0. The third-order valence-electron chi connectivity index (χ3n) is 4.10. The van der Waals surface area contributed by atoms with Gasteiger partial charge in [0.05, 0.1) is 21.3 Å². The standard InChI is InChI=1S/C19H11N5S/c20-10-13-11-24-18(22-17(23-24)12-6-2-1-3-7-12)16(13)19-21-14-8-4-5-9-15(14)25-19/h1-9,11H,(H,22,23). The number of H-pyrrole nitrogens is 1. The lowest BCUT2D eigenvalue weighted by atomic mass is 10.2. The van der Waals surface area contributed by atoms with Crippen molar-refractivity contribution in [3.05, 3.63) is 66.4 Å². The summed E-state index contributed by atoms with van der Waals surface area (Å²) in [5.41, 5.74) is 4.00. The van der Waals surface area contributed by atoms with Crippen LogP contribution < -0.4 is 0 Å². The molecule has 0 radical (unpaired) electrons. The Morgan fingerprint density at radius 2 is 1.80 bits per heavy atom. The van der Waals surface area contributed by atoms with Crippen LogP contribution in [0.15, 0.2) is 60.8 Å². The van der Waals surface area contributed by atoms with Crippen molar-refractivity contribution < 1.29 is 0 Å². The zero-order chi connectivity index (χ0) is 16.8. The van der Waals surface area contributed by atoms with E-state index in [2.05, 4.69) is 11.2 Å². The molecule has 0 saturated carbocycles. The Hall–Kier alpha value is -3.43. The SMILES string of the molecule is N#Cc1cn2[nH]c(-c3ccccc3)nc2c1-c1nc2ccccc2s1. The number of hydrogen-bond donors (Lipinski definition) is 1. The van der Waals surface area contributed by atoms with Crippen molar-refractivity contribution in [3.63, 3.8) is 0 Å². The summed E-state index contributed by atoms with van der Waals surface area (Å²) in [6.45, 7) is 0. The molecular formula is C19H11N5S. The molecule has 0 bridgehead atoms. The molecule has 3 aromatic heterocycles. The van der Waals surface area contributed by atoms with Crippen LogP contribution in [0.1, 0.15) is 5.56 Å². The van der Waals surface area contributed by atoms with Crippen molar-refractivity contribution in [3.8, 4) is 28.0 Å². The van der Waals surface area contributed by atoms with Gasteiger partial charge < -0.3 is 0 Å². The van der Waals surface area contributed by atoms with Crippen molar-refractivity contribution in [2.75, 3.05) is 0 Å². The number of aromatic nitrogens is 4. The molecule has 1 N–H and O–H groups in total. The van der Waals surface area contributed by atoms with Gasteiger partial charge in [-0.2, -0.15) is 5.26 Å². The molecule has 0 aliphatic rings. The van der Waals surface area contributed by atoms with Gasteiger partial charge in [-0.3, -0.25) is 5.10 Å². The second-order valence-electron chi connectivity index (χ2n) is 5.65. The van der Waals surface area contributed by atoms with Crippen molar-refractivity contribution in [1.29, 1.82) is 5.26 Å². The first-order valence-corrected chi connectivity index (χ1v) is 8.57. The van der Waals surface area contributed by atoms with Crippen molar-refractivity contribution >= 4 is 27.2 Å². The van der Waals surface area contributed by atoms with E-state index < -0.39 is 0 Å². The average Bonchev–Trinajstić information content (AvgIpc) is 3.33. The van der Waals surface area contributed by atoms with Crippen LogP contribution in [-0.4, -0.2) is 19.6 Å². The molecule has 0 amide bonds. The van der Waals surface area contributed by atoms with Gasteiger partial charge in [-0.05, 0) is 12.1 Å². The number of nitriles is 1. The lowest BCUT2D eigenvalue weighted by Gasteiger charge is -1.94. The van der Waals surface area contributed by atoms with Crippen molar-refractivity contribution in [2.45, 2.75) is 0 Å². The molecular weight excluding hydrogens is 330 g/mol. The van der Waals surface area contributed by atoms with E-state index in [9.17, 15) is 5.26 Å². The van der Waals surface area contributed by atoms with Crippen molar-refractivity contribution in [1.82, 2.24) is 19.6 Å². The highest BCUT2D eigenvalue weighted by Crippen LogP contribution is 2.35. The fourth-order valence-electron chi connectivity index (χ4n) is 2.94. The summed E-state index contributed by atoms with van der Waals surface area (Å²) in [6.07, 6.45) is 1.77. The van der Waals surface area contributed by atoms with Gasteiger partial charge in [0.25, 0.3) is 0 Å². The summed E-state index contributed by atoms with van der Waals surface area (Å²) < 4.78 is 2.89. The van der Waals surface area contributed by atoms with E-state index in [1.54, 1.807) is 22.0 Å². The van der Waals surface area contributed by atoms with Crippen LogP contribution in [0.5, 0.6) is 0 Å². The molecule has 3 heterocycles. The zero-order valence-corrected chi connectivity index (χ0v) is 13.8. The number of nitrogens with one attached hydrogen (secondary N) is 1. The van der Waals surface area contributed by atoms with Gasteiger partial charge in [-0.25, -0.2) is 14.5 Å². The largest absolute Gasteiger partial charge is 0.275 e. The minimum absolute atomic E-state index is 0.567. The normalized spacial score (nSPS) is 11.2. The topological polar surface area (TPSA) is 69.8 Å². The summed E-state index contributed by atoms with van der Waals surface area (Å²) in [6, 6.07) is 20.2. The van der Waals surface area contributed by atoms with E-state index in [1.165, 1.54) is 0 Å². The molecule has 5 nitrogen and oxygen atoms in total. The van der Waals surface area contributed by atoms with Gasteiger partial charge in [-0.1, -0.05) is 42.5 Å². The Bertz CT molecular complexity index is 1220. The average molecular weight is 341 g/mol. The molecule has 0 saturated heterocycles. The quantitative estimate of drug-likeness (QED) is 0.515. The minimum Gasteiger partial charge on any atom is -0.275 e. The fourth-order valence-corrected chi connectivity index (χ4v) is 3.96. The van der Waals surface area contributed by atoms with E-state index in [1.807, 2.05) is 54.6 Å². The van der Waals surface area contributed by atoms with Crippen LogP contribution in [0.3, 0.4) is 0 Å². The molecule has 0 spiro atoms. The van der Waals surface area contributed by atoms with E-state index in [0.29, 0.717) is 5.56 Å². The molecule has 25 heavy (non-hydrogen) atoms. The highest BCUT2D eigenvalue weighted by Gasteiger charge is 2.20. The number of benzene rings is 2.